The van der Waals surface area contributed by atoms with Gasteiger partial charge in [-0.25, -0.2) is 0 Å². The summed E-state index contributed by atoms with van der Waals surface area (Å²) >= 11 is 0. The van der Waals surface area contributed by atoms with E-state index in [1.807, 2.05) is 12.1 Å². The SMILES string of the molecule is Cc1cccc(OCCC2CNCCO2)c1C. The lowest BCUT2D eigenvalue weighted by Crippen LogP contribution is -2.39. The molecule has 3 heteroatoms. The van der Waals surface area contributed by atoms with Gasteiger partial charge >= 0.3 is 0 Å². The molecule has 1 fully saturated rings. The smallest absolute Gasteiger partial charge is 0.122 e. The van der Waals surface area contributed by atoms with Crippen molar-refractivity contribution in [2.24, 2.45) is 0 Å². The van der Waals surface area contributed by atoms with Gasteiger partial charge in [0.05, 0.1) is 19.3 Å². The maximum Gasteiger partial charge on any atom is 0.122 e. The Morgan fingerprint density at radius 2 is 2.29 bits per heavy atom. The van der Waals surface area contributed by atoms with Gasteiger partial charge in [-0.2, -0.15) is 0 Å². The van der Waals surface area contributed by atoms with Crippen LogP contribution in [-0.2, 0) is 4.74 Å². The molecule has 1 aromatic rings. The Kier molecular flexibility index (Phi) is 4.40. The monoisotopic (exact) mass is 235 g/mol. The third-order valence-corrected chi connectivity index (χ3v) is 3.26. The van der Waals surface area contributed by atoms with Gasteiger partial charge in [-0.3, -0.25) is 0 Å². The lowest BCUT2D eigenvalue weighted by Gasteiger charge is -2.23. The summed E-state index contributed by atoms with van der Waals surface area (Å²) in [6.45, 7) is 7.65. The third-order valence-electron chi connectivity index (χ3n) is 3.26. The average molecular weight is 235 g/mol. The molecular weight excluding hydrogens is 214 g/mol. The number of aryl methyl sites for hydroxylation is 1. The number of hydrogen-bond acceptors (Lipinski definition) is 3. The molecule has 1 aliphatic rings. The van der Waals surface area contributed by atoms with Gasteiger partial charge in [0.25, 0.3) is 0 Å². The first-order valence-corrected chi connectivity index (χ1v) is 6.28. The molecule has 1 heterocycles. The fourth-order valence-electron chi connectivity index (χ4n) is 1.99. The summed E-state index contributed by atoms with van der Waals surface area (Å²) in [6.07, 6.45) is 1.24. The zero-order valence-electron chi connectivity index (χ0n) is 10.7. The maximum atomic E-state index is 5.81. The van der Waals surface area contributed by atoms with Gasteiger partial charge in [0.1, 0.15) is 5.75 Å². The van der Waals surface area contributed by atoms with Crippen molar-refractivity contribution in [3.63, 3.8) is 0 Å². The highest BCUT2D eigenvalue weighted by molar-refractivity contribution is 5.38. The van der Waals surface area contributed by atoms with E-state index in [1.165, 1.54) is 11.1 Å². The summed E-state index contributed by atoms with van der Waals surface area (Å²) in [4.78, 5) is 0. The average Bonchev–Trinajstić information content (AvgIpc) is 2.36. The highest BCUT2D eigenvalue weighted by atomic mass is 16.5. The van der Waals surface area contributed by atoms with Crippen molar-refractivity contribution in [2.75, 3.05) is 26.3 Å². The summed E-state index contributed by atoms with van der Waals surface area (Å²) < 4.78 is 11.4. The lowest BCUT2D eigenvalue weighted by molar-refractivity contribution is 0.0158. The van der Waals surface area contributed by atoms with Gasteiger partial charge < -0.3 is 14.8 Å². The van der Waals surface area contributed by atoms with Crippen LogP contribution in [0.2, 0.25) is 0 Å². The van der Waals surface area contributed by atoms with Crippen molar-refractivity contribution >= 4 is 0 Å². The quantitative estimate of drug-likeness (QED) is 0.866. The molecule has 1 aliphatic heterocycles. The summed E-state index contributed by atoms with van der Waals surface area (Å²) in [6, 6.07) is 6.18. The zero-order chi connectivity index (χ0) is 12.1. The van der Waals surface area contributed by atoms with Crippen LogP contribution in [0.1, 0.15) is 17.5 Å². The first-order valence-electron chi connectivity index (χ1n) is 6.28. The van der Waals surface area contributed by atoms with E-state index in [2.05, 4.69) is 25.2 Å². The van der Waals surface area contributed by atoms with E-state index in [4.69, 9.17) is 9.47 Å². The summed E-state index contributed by atoms with van der Waals surface area (Å²) in [5, 5.41) is 3.32. The molecule has 1 atom stereocenters. The van der Waals surface area contributed by atoms with Gasteiger partial charge in [-0.15, -0.1) is 0 Å². The van der Waals surface area contributed by atoms with E-state index in [0.29, 0.717) is 6.10 Å². The third kappa shape index (κ3) is 3.45. The first-order chi connectivity index (χ1) is 8.27. The minimum Gasteiger partial charge on any atom is -0.493 e. The second-order valence-electron chi connectivity index (χ2n) is 4.53. The van der Waals surface area contributed by atoms with Gasteiger partial charge in [0, 0.05) is 19.5 Å². The van der Waals surface area contributed by atoms with Crippen molar-refractivity contribution in [1.29, 1.82) is 0 Å². The van der Waals surface area contributed by atoms with E-state index >= 15 is 0 Å². The van der Waals surface area contributed by atoms with Crippen LogP contribution in [0.5, 0.6) is 5.75 Å². The molecule has 17 heavy (non-hydrogen) atoms. The number of hydrogen-bond donors (Lipinski definition) is 1. The standard InChI is InChI=1S/C14H21NO2/c1-11-4-3-5-14(12(11)2)17-8-6-13-10-15-7-9-16-13/h3-5,13,15H,6-10H2,1-2H3. The van der Waals surface area contributed by atoms with E-state index in [9.17, 15) is 0 Å². The van der Waals surface area contributed by atoms with E-state index in [0.717, 1.165) is 38.5 Å². The Morgan fingerprint density at radius 3 is 3.06 bits per heavy atom. The molecule has 1 unspecified atom stereocenters. The topological polar surface area (TPSA) is 30.5 Å². The molecule has 1 saturated heterocycles. The molecular formula is C14H21NO2. The Morgan fingerprint density at radius 1 is 1.41 bits per heavy atom. The van der Waals surface area contributed by atoms with Gasteiger partial charge in [0.15, 0.2) is 0 Å². The van der Waals surface area contributed by atoms with Crippen molar-refractivity contribution in [3.05, 3.63) is 29.3 Å². The van der Waals surface area contributed by atoms with E-state index in [-0.39, 0.29) is 0 Å². The second-order valence-corrected chi connectivity index (χ2v) is 4.53. The van der Waals surface area contributed by atoms with Crippen molar-refractivity contribution in [1.82, 2.24) is 5.32 Å². The molecule has 2 rings (SSSR count). The fraction of sp³-hybridized carbons (Fsp3) is 0.571. The number of rotatable bonds is 4. The fourth-order valence-corrected chi connectivity index (χ4v) is 1.99. The molecule has 0 radical (unpaired) electrons. The van der Waals surface area contributed by atoms with E-state index in [1.54, 1.807) is 0 Å². The Bertz CT molecular complexity index is 359. The van der Waals surface area contributed by atoms with Crippen molar-refractivity contribution in [2.45, 2.75) is 26.4 Å². The lowest BCUT2D eigenvalue weighted by atomic mass is 10.1. The van der Waals surface area contributed by atoms with Crippen LogP contribution >= 0.6 is 0 Å². The summed E-state index contributed by atoms with van der Waals surface area (Å²) in [5.41, 5.74) is 2.51. The van der Waals surface area contributed by atoms with Crippen LogP contribution < -0.4 is 10.1 Å². The normalized spacial score (nSPS) is 20.2. The van der Waals surface area contributed by atoms with Crippen LogP contribution in [0.15, 0.2) is 18.2 Å². The zero-order valence-corrected chi connectivity index (χ0v) is 10.7. The van der Waals surface area contributed by atoms with Gasteiger partial charge in [-0.05, 0) is 31.0 Å². The minimum atomic E-state index is 0.300. The number of benzene rings is 1. The summed E-state index contributed by atoms with van der Waals surface area (Å²) in [5.74, 6) is 0.994. The van der Waals surface area contributed by atoms with Crippen LogP contribution in [0, 0.1) is 13.8 Å². The molecule has 94 valence electrons. The van der Waals surface area contributed by atoms with E-state index < -0.39 is 0 Å². The predicted octanol–water partition coefficient (Wildman–Crippen LogP) is 2.06. The largest absolute Gasteiger partial charge is 0.493 e. The van der Waals surface area contributed by atoms with Crippen LogP contribution in [0.25, 0.3) is 0 Å². The highest BCUT2D eigenvalue weighted by Crippen LogP contribution is 2.20. The number of nitrogens with one attached hydrogen (secondary N) is 1. The van der Waals surface area contributed by atoms with Crippen LogP contribution in [0.3, 0.4) is 0 Å². The number of ether oxygens (including phenoxy) is 2. The molecule has 0 saturated carbocycles. The number of morpholine rings is 1. The van der Waals surface area contributed by atoms with Gasteiger partial charge in [0.2, 0.25) is 0 Å². The molecule has 0 bridgehead atoms. The maximum absolute atomic E-state index is 5.81. The minimum absolute atomic E-state index is 0.300. The van der Waals surface area contributed by atoms with Crippen molar-refractivity contribution in [3.8, 4) is 5.75 Å². The molecule has 0 aromatic heterocycles. The molecule has 0 amide bonds. The molecule has 0 aliphatic carbocycles. The molecule has 0 spiro atoms. The highest BCUT2D eigenvalue weighted by Gasteiger charge is 2.13. The molecule has 1 aromatic carbocycles. The Balaban J connectivity index is 1.79. The summed E-state index contributed by atoms with van der Waals surface area (Å²) in [7, 11) is 0. The van der Waals surface area contributed by atoms with Crippen molar-refractivity contribution < 1.29 is 9.47 Å². The molecule has 1 N–H and O–H groups in total. The first kappa shape index (κ1) is 12.4. The predicted molar refractivity (Wildman–Crippen MR) is 68.6 cm³/mol. The second kappa shape index (κ2) is 6.03. The molecule has 3 nitrogen and oxygen atoms in total. The van der Waals surface area contributed by atoms with Crippen LogP contribution in [0.4, 0.5) is 0 Å². The Hall–Kier alpha value is -1.06. The van der Waals surface area contributed by atoms with Crippen LogP contribution in [-0.4, -0.2) is 32.4 Å². The van der Waals surface area contributed by atoms with Gasteiger partial charge in [-0.1, -0.05) is 12.1 Å². The Labute approximate surface area is 103 Å².